The lowest BCUT2D eigenvalue weighted by molar-refractivity contribution is 0.628. The van der Waals surface area contributed by atoms with Crippen molar-refractivity contribution in [2.45, 2.75) is 0 Å². The van der Waals surface area contributed by atoms with Gasteiger partial charge in [0, 0.05) is 10.6 Å². The standard InChI is InChI=1S/C21H13ClFNS/c22-17-7-3-15(4-8-17)19-12-16(14-5-9-18(23)10-6-14)13-20(24-19)21-2-1-11-25-21/h1-13H. The molecular formula is C21H13ClFNS. The Kier molecular flexibility index (Phi) is 4.35. The molecule has 0 fully saturated rings. The lowest BCUT2D eigenvalue weighted by Gasteiger charge is -2.09. The number of hydrogen-bond donors (Lipinski definition) is 0. The third kappa shape index (κ3) is 3.48. The van der Waals surface area contributed by atoms with E-state index < -0.39 is 0 Å². The maximum absolute atomic E-state index is 13.3. The first kappa shape index (κ1) is 16.0. The van der Waals surface area contributed by atoms with Crippen LogP contribution in [-0.2, 0) is 0 Å². The quantitative estimate of drug-likeness (QED) is 0.383. The molecule has 0 aliphatic rings. The predicted molar refractivity (Wildman–Crippen MR) is 103 cm³/mol. The van der Waals surface area contributed by atoms with Gasteiger partial charge in [0.2, 0.25) is 0 Å². The summed E-state index contributed by atoms with van der Waals surface area (Å²) in [6.45, 7) is 0. The molecule has 0 saturated heterocycles. The van der Waals surface area contributed by atoms with Crippen molar-refractivity contribution in [1.82, 2.24) is 4.98 Å². The van der Waals surface area contributed by atoms with Crippen LogP contribution in [0.1, 0.15) is 0 Å². The Hall–Kier alpha value is -2.49. The summed E-state index contributed by atoms with van der Waals surface area (Å²) in [5.74, 6) is -0.241. The van der Waals surface area contributed by atoms with Gasteiger partial charge in [-0.1, -0.05) is 41.9 Å². The molecule has 25 heavy (non-hydrogen) atoms. The zero-order valence-corrected chi connectivity index (χ0v) is 14.7. The van der Waals surface area contributed by atoms with Gasteiger partial charge in [0.15, 0.2) is 0 Å². The van der Waals surface area contributed by atoms with E-state index >= 15 is 0 Å². The van der Waals surface area contributed by atoms with Crippen LogP contribution in [-0.4, -0.2) is 4.98 Å². The number of nitrogens with zero attached hydrogens (tertiary/aromatic N) is 1. The second-order valence-electron chi connectivity index (χ2n) is 5.62. The summed E-state index contributed by atoms with van der Waals surface area (Å²) in [5, 5.41) is 2.72. The fraction of sp³-hybridized carbons (Fsp3) is 0. The number of hydrogen-bond acceptors (Lipinski definition) is 2. The highest BCUT2D eigenvalue weighted by molar-refractivity contribution is 7.13. The molecule has 0 N–H and O–H groups in total. The molecule has 4 aromatic rings. The monoisotopic (exact) mass is 365 g/mol. The van der Waals surface area contributed by atoms with Gasteiger partial charge in [-0.2, -0.15) is 0 Å². The molecule has 4 heteroatoms. The molecule has 0 atom stereocenters. The van der Waals surface area contributed by atoms with Crippen molar-refractivity contribution < 1.29 is 4.39 Å². The molecule has 2 heterocycles. The number of benzene rings is 2. The van der Waals surface area contributed by atoms with Gasteiger partial charge in [0.25, 0.3) is 0 Å². The minimum Gasteiger partial charge on any atom is -0.247 e. The molecule has 2 aromatic carbocycles. The molecule has 0 unspecified atom stereocenters. The van der Waals surface area contributed by atoms with Gasteiger partial charge in [0.1, 0.15) is 5.82 Å². The molecule has 0 radical (unpaired) electrons. The Morgan fingerprint density at radius 1 is 0.760 bits per heavy atom. The Morgan fingerprint density at radius 2 is 1.44 bits per heavy atom. The van der Waals surface area contributed by atoms with E-state index in [1.54, 1.807) is 23.5 Å². The molecular weight excluding hydrogens is 353 g/mol. The number of rotatable bonds is 3. The molecule has 0 amide bonds. The zero-order valence-electron chi connectivity index (χ0n) is 13.1. The van der Waals surface area contributed by atoms with E-state index in [1.165, 1.54) is 12.1 Å². The summed E-state index contributed by atoms with van der Waals surface area (Å²) in [4.78, 5) is 5.91. The van der Waals surface area contributed by atoms with Gasteiger partial charge in [-0.15, -0.1) is 11.3 Å². The predicted octanol–water partition coefficient (Wildman–Crippen LogP) is 6.94. The summed E-state index contributed by atoms with van der Waals surface area (Å²) in [5.41, 5.74) is 4.72. The zero-order chi connectivity index (χ0) is 17.2. The second kappa shape index (κ2) is 6.79. The molecule has 4 rings (SSSR count). The molecule has 0 spiro atoms. The maximum atomic E-state index is 13.3. The van der Waals surface area contributed by atoms with Crippen molar-refractivity contribution in [1.29, 1.82) is 0 Å². The molecule has 2 aromatic heterocycles. The van der Waals surface area contributed by atoms with Gasteiger partial charge < -0.3 is 0 Å². The average molecular weight is 366 g/mol. The summed E-state index contributed by atoms with van der Waals surface area (Å²) in [6.07, 6.45) is 0. The highest BCUT2D eigenvalue weighted by Crippen LogP contribution is 2.32. The van der Waals surface area contributed by atoms with Gasteiger partial charge >= 0.3 is 0 Å². The summed E-state index contributed by atoms with van der Waals surface area (Å²) in [7, 11) is 0. The van der Waals surface area contributed by atoms with Crippen molar-refractivity contribution in [3.05, 3.63) is 89.0 Å². The van der Waals surface area contributed by atoms with E-state index in [4.69, 9.17) is 16.6 Å². The van der Waals surface area contributed by atoms with Crippen LogP contribution in [0.15, 0.2) is 78.2 Å². The lowest BCUT2D eigenvalue weighted by atomic mass is 10.0. The van der Waals surface area contributed by atoms with Crippen LogP contribution in [0.25, 0.3) is 33.0 Å². The van der Waals surface area contributed by atoms with E-state index in [0.29, 0.717) is 5.02 Å². The molecule has 0 saturated carbocycles. The minimum absolute atomic E-state index is 0.241. The second-order valence-corrected chi connectivity index (χ2v) is 7.00. The van der Waals surface area contributed by atoms with E-state index in [9.17, 15) is 4.39 Å². The van der Waals surface area contributed by atoms with Gasteiger partial charge in [0.05, 0.1) is 16.3 Å². The van der Waals surface area contributed by atoms with Crippen LogP contribution in [0.4, 0.5) is 4.39 Å². The first-order valence-electron chi connectivity index (χ1n) is 7.77. The van der Waals surface area contributed by atoms with Crippen molar-refractivity contribution in [2.24, 2.45) is 0 Å². The van der Waals surface area contributed by atoms with Crippen LogP contribution in [0.2, 0.25) is 5.02 Å². The van der Waals surface area contributed by atoms with Crippen LogP contribution < -0.4 is 0 Å². The van der Waals surface area contributed by atoms with Gasteiger partial charge in [-0.25, -0.2) is 9.37 Å². The van der Waals surface area contributed by atoms with Gasteiger partial charge in [-0.3, -0.25) is 0 Å². The normalized spacial score (nSPS) is 10.8. The molecule has 0 bridgehead atoms. The van der Waals surface area contributed by atoms with Crippen molar-refractivity contribution in [2.75, 3.05) is 0 Å². The van der Waals surface area contributed by atoms with Crippen LogP contribution in [0.3, 0.4) is 0 Å². The molecule has 1 nitrogen and oxygen atoms in total. The van der Waals surface area contributed by atoms with Crippen LogP contribution >= 0.6 is 22.9 Å². The fourth-order valence-electron chi connectivity index (χ4n) is 2.66. The highest BCUT2D eigenvalue weighted by Gasteiger charge is 2.09. The molecule has 122 valence electrons. The average Bonchev–Trinajstić information content (AvgIpc) is 3.17. The Morgan fingerprint density at radius 3 is 2.12 bits per heavy atom. The Bertz CT molecular complexity index is 930. The van der Waals surface area contributed by atoms with Crippen LogP contribution in [0.5, 0.6) is 0 Å². The summed E-state index contributed by atoms with van der Waals surface area (Å²) in [6, 6.07) is 22.3. The van der Waals surface area contributed by atoms with Crippen molar-refractivity contribution in [3.63, 3.8) is 0 Å². The van der Waals surface area contributed by atoms with Crippen LogP contribution in [0, 0.1) is 5.82 Å². The highest BCUT2D eigenvalue weighted by atomic mass is 35.5. The summed E-state index contributed by atoms with van der Waals surface area (Å²) < 4.78 is 13.3. The number of aromatic nitrogens is 1. The number of halogens is 2. The van der Waals surface area contributed by atoms with Gasteiger partial charge in [-0.05, 0) is 59.0 Å². The smallest absolute Gasteiger partial charge is 0.123 e. The fourth-order valence-corrected chi connectivity index (χ4v) is 3.47. The largest absolute Gasteiger partial charge is 0.247 e. The molecule has 0 aliphatic carbocycles. The number of pyridine rings is 1. The Balaban J connectivity index is 1.88. The first-order chi connectivity index (χ1) is 12.2. The van der Waals surface area contributed by atoms with E-state index in [1.807, 2.05) is 53.9 Å². The number of thiophene rings is 1. The van der Waals surface area contributed by atoms with Crippen molar-refractivity contribution in [3.8, 4) is 33.0 Å². The minimum atomic E-state index is -0.241. The Labute approximate surface area is 154 Å². The topological polar surface area (TPSA) is 12.9 Å². The van der Waals surface area contributed by atoms with Crippen molar-refractivity contribution >= 4 is 22.9 Å². The maximum Gasteiger partial charge on any atom is 0.123 e. The van der Waals surface area contributed by atoms with E-state index in [2.05, 4.69) is 0 Å². The molecule has 0 aliphatic heterocycles. The lowest BCUT2D eigenvalue weighted by Crippen LogP contribution is -1.90. The van der Waals surface area contributed by atoms with E-state index in [0.717, 1.165) is 33.0 Å². The summed E-state index contributed by atoms with van der Waals surface area (Å²) >= 11 is 7.64. The third-order valence-corrected chi connectivity index (χ3v) is 5.06. The van der Waals surface area contributed by atoms with E-state index in [-0.39, 0.29) is 5.82 Å². The third-order valence-electron chi connectivity index (χ3n) is 3.92. The SMILES string of the molecule is Fc1ccc(-c2cc(-c3ccc(Cl)cc3)nc(-c3cccs3)c2)cc1. The first-order valence-corrected chi connectivity index (χ1v) is 9.03.